The number of nitrogens with zero attached hydrogens (tertiary/aromatic N) is 2. The lowest BCUT2D eigenvalue weighted by molar-refractivity contribution is -0.116. The van der Waals surface area contributed by atoms with E-state index in [-0.39, 0.29) is 11.7 Å². The van der Waals surface area contributed by atoms with Crippen LogP contribution < -0.4 is 14.8 Å². The van der Waals surface area contributed by atoms with Gasteiger partial charge in [0, 0.05) is 35.5 Å². The summed E-state index contributed by atoms with van der Waals surface area (Å²) < 4.78 is 25.1. The van der Waals surface area contributed by atoms with Crippen molar-refractivity contribution in [2.75, 3.05) is 18.5 Å². The molecule has 2 heterocycles. The molecule has 6 nitrogen and oxygen atoms in total. The molecule has 0 aliphatic heterocycles. The minimum absolute atomic E-state index is 0.0534. The Kier molecular flexibility index (Phi) is 6.67. The van der Waals surface area contributed by atoms with Crippen molar-refractivity contribution in [1.29, 1.82) is 0 Å². The number of carbonyl (C=O) groups excluding carboxylic acids is 1. The molecule has 1 saturated carbocycles. The summed E-state index contributed by atoms with van der Waals surface area (Å²) in [6.45, 7) is 0.880. The van der Waals surface area contributed by atoms with Crippen LogP contribution in [0.4, 0.5) is 10.1 Å². The second kappa shape index (κ2) is 10.2. The van der Waals surface area contributed by atoms with Crippen LogP contribution in [0.5, 0.6) is 11.6 Å². The summed E-state index contributed by atoms with van der Waals surface area (Å²) in [6, 6.07) is 13.8. The first-order valence-electron chi connectivity index (χ1n) is 11.3. The summed E-state index contributed by atoms with van der Waals surface area (Å²) in [7, 11) is 0. The molecule has 2 aromatic heterocycles. The molecule has 0 atom stereocenters. The zero-order valence-electron chi connectivity index (χ0n) is 18.5. The van der Waals surface area contributed by atoms with Gasteiger partial charge in [-0.1, -0.05) is 18.2 Å². The highest BCUT2D eigenvalue weighted by Gasteiger charge is 2.24. The highest BCUT2D eigenvalue weighted by atomic mass is 32.1. The van der Waals surface area contributed by atoms with Crippen molar-refractivity contribution in [2.24, 2.45) is 5.92 Å². The van der Waals surface area contributed by atoms with Crippen molar-refractivity contribution in [3.8, 4) is 22.8 Å². The number of amides is 1. The number of halogens is 1. The monoisotopic (exact) mass is 477 g/mol. The normalized spacial score (nSPS) is 13.1. The van der Waals surface area contributed by atoms with E-state index < -0.39 is 0 Å². The molecular weight excluding hydrogens is 453 g/mol. The molecule has 1 aliphatic rings. The van der Waals surface area contributed by atoms with Crippen LogP contribution in [0.3, 0.4) is 0 Å². The van der Waals surface area contributed by atoms with Crippen LogP contribution in [0, 0.1) is 11.7 Å². The van der Waals surface area contributed by atoms with E-state index in [0.717, 1.165) is 39.9 Å². The van der Waals surface area contributed by atoms with Gasteiger partial charge in [-0.2, -0.15) is 0 Å². The molecule has 2 aromatic carbocycles. The molecule has 1 amide bonds. The first-order chi connectivity index (χ1) is 16.7. The maximum Gasteiger partial charge on any atom is 0.225 e. The Morgan fingerprint density at radius 2 is 1.91 bits per heavy atom. The molecule has 0 bridgehead atoms. The lowest BCUT2D eigenvalue weighted by Crippen LogP contribution is -2.12. The third kappa shape index (κ3) is 5.51. The lowest BCUT2D eigenvalue weighted by Gasteiger charge is -2.10. The summed E-state index contributed by atoms with van der Waals surface area (Å²) in [5, 5.41) is 5.75. The van der Waals surface area contributed by atoms with Crippen molar-refractivity contribution in [1.82, 2.24) is 9.97 Å². The topological polar surface area (TPSA) is 73.3 Å². The molecule has 0 unspecified atom stereocenters. The number of hydrogen-bond acceptors (Lipinski definition) is 6. The van der Waals surface area contributed by atoms with Gasteiger partial charge in [0.1, 0.15) is 22.7 Å². The Hall–Kier alpha value is -3.52. The van der Waals surface area contributed by atoms with Gasteiger partial charge in [0.2, 0.25) is 11.8 Å². The predicted octanol–water partition coefficient (Wildman–Crippen LogP) is 6.08. The van der Waals surface area contributed by atoms with Gasteiger partial charge in [0.25, 0.3) is 0 Å². The third-order valence-electron chi connectivity index (χ3n) is 5.58. The van der Waals surface area contributed by atoms with Gasteiger partial charge in [0.05, 0.1) is 18.6 Å². The van der Waals surface area contributed by atoms with Crippen LogP contribution in [0.2, 0.25) is 0 Å². The average Bonchev–Trinajstić information content (AvgIpc) is 3.54. The number of fused-ring (bicyclic) bond motifs is 1. The van der Waals surface area contributed by atoms with E-state index in [2.05, 4.69) is 15.3 Å². The Morgan fingerprint density at radius 1 is 1.09 bits per heavy atom. The van der Waals surface area contributed by atoms with Gasteiger partial charge in [-0.15, -0.1) is 11.3 Å². The van der Waals surface area contributed by atoms with E-state index in [4.69, 9.17) is 9.47 Å². The number of ether oxygens (including phenoxy) is 2. The van der Waals surface area contributed by atoms with Crippen LogP contribution in [0.15, 0.2) is 60.2 Å². The Balaban J connectivity index is 1.16. The molecule has 0 radical (unpaired) electrons. The van der Waals surface area contributed by atoms with Crippen LogP contribution in [-0.2, 0) is 4.79 Å². The number of carbonyl (C=O) groups is 1. The van der Waals surface area contributed by atoms with E-state index in [1.165, 1.54) is 29.8 Å². The van der Waals surface area contributed by atoms with Crippen molar-refractivity contribution in [3.05, 3.63) is 66.1 Å². The molecule has 34 heavy (non-hydrogen) atoms. The molecule has 8 heteroatoms. The zero-order chi connectivity index (χ0) is 23.3. The molecular formula is C26H24FN3O3S. The Morgan fingerprint density at radius 3 is 2.74 bits per heavy atom. The minimum Gasteiger partial charge on any atom is -0.493 e. The number of anilines is 1. The van der Waals surface area contributed by atoms with Gasteiger partial charge in [-0.3, -0.25) is 4.79 Å². The maximum absolute atomic E-state index is 13.3. The van der Waals surface area contributed by atoms with E-state index in [0.29, 0.717) is 43.6 Å². The van der Waals surface area contributed by atoms with Crippen LogP contribution in [-0.4, -0.2) is 29.1 Å². The van der Waals surface area contributed by atoms with E-state index in [1.807, 2.05) is 29.6 Å². The van der Waals surface area contributed by atoms with Gasteiger partial charge < -0.3 is 14.8 Å². The molecule has 1 fully saturated rings. The highest BCUT2D eigenvalue weighted by molar-refractivity contribution is 7.17. The van der Waals surface area contributed by atoms with E-state index >= 15 is 0 Å². The molecule has 1 aliphatic carbocycles. The van der Waals surface area contributed by atoms with Gasteiger partial charge in [0.15, 0.2) is 0 Å². The maximum atomic E-state index is 13.3. The van der Waals surface area contributed by atoms with Crippen molar-refractivity contribution < 1.29 is 18.7 Å². The van der Waals surface area contributed by atoms with Gasteiger partial charge in [-0.05, 0) is 48.6 Å². The molecule has 0 spiro atoms. The van der Waals surface area contributed by atoms with Crippen molar-refractivity contribution in [3.63, 3.8) is 0 Å². The summed E-state index contributed by atoms with van der Waals surface area (Å²) >= 11 is 1.50. The molecule has 4 aromatic rings. The van der Waals surface area contributed by atoms with Crippen molar-refractivity contribution >= 4 is 33.1 Å². The first-order valence-corrected chi connectivity index (χ1v) is 12.2. The third-order valence-corrected chi connectivity index (χ3v) is 6.46. The fraction of sp³-hybridized carbons (Fsp3) is 0.269. The highest BCUT2D eigenvalue weighted by Crippen LogP contribution is 2.37. The van der Waals surface area contributed by atoms with Crippen LogP contribution >= 0.6 is 11.3 Å². The largest absolute Gasteiger partial charge is 0.493 e. The fourth-order valence-electron chi connectivity index (χ4n) is 3.68. The fourth-order valence-corrected chi connectivity index (χ4v) is 4.58. The Bertz CT molecular complexity index is 1290. The number of thiophene rings is 1. The van der Waals surface area contributed by atoms with Crippen LogP contribution in [0.1, 0.15) is 25.7 Å². The summed E-state index contributed by atoms with van der Waals surface area (Å²) in [5.74, 6) is 1.53. The molecule has 5 rings (SSSR count). The summed E-state index contributed by atoms with van der Waals surface area (Å²) in [6.07, 6.45) is 5.03. The lowest BCUT2D eigenvalue weighted by atomic mass is 10.1. The van der Waals surface area contributed by atoms with E-state index in [9.17, 15) is 9.18 Å². The standard InChI is InChI=1S/C26H24FN3O3S/c27-19-9-7-18(8-10-19)22-15-34-26-24(22)25(28-16-29-26)33-12-2-11-32-21-4-1-3-20(14-21)30-23(31)13-17-5-6-17/h1,3-4,7-10,14-17H,2,5-6,11-13H2,(H,30,31). The second-order valence-corrected chi connectivity index (χ2v) is 9.15. The summed E-state index contributed by atoms with van der Waals surface area (Å²) in [5.41, 5.74) is 2.56. The number of hydrogen-bond donors (Lipinski definition) is 1. The second-order valence-electron chi connectivity index (χ2n) is 8.29. The quantitative estimate of drug-likeness (QED) is 0.280. The van der Waals surface area contributed by atoms with E-state index in [1.54, 1.807) is 12.1 Å². The number of rotatable bonds is 10. The smallest absolute Gasteiger partial charge is 0.225 e. The SMILES string of the molecule is O=C(CC1CC1)Nc1cccc(OCCCOc2ncnc3scc(-c4ccc(F)cc4)c23)c1. The number of aromatic nitrogens is 2. The molecule has 0 saturated heterocycles. The first kappa shape index (κ1) is 22.3. The van der Waals surface area contributed by atoms with Crippen molar-refractivity contribution in [2.45, 2.75) is 25.7 Å². The van der Waals surface area contributed by atoms with Gasteiger partial charge in [-0.25, -0.2) is 14.4 Å². The minimum atomic E-state index is -0.276. The van der Waals surface area contributed by atoms with Gasteiger partial charge >= 0.3 is 0 Å². The zero-order valence-corrected chi connectivity index (χ0v) is 19.3. The molecule has 1 N–H and O–H groups in total. The number of benzene rings is 2. The Labute approximate surface area is 200 Å². The average molecular weight is 478 g/mol. The predicted molar refractivity (Wildman–Crippen MR) is 131 cm³/mol. The summed E-state index contributed by atoms with van der Waals surface area (Å²) in [4.78, 5) is 21.5. The number of nitrogens with one attached hydrogen (secondary N) is 1. The molecule has 174 valence electrons. The van der Waals surface area contributed by atoms with Crippen LogP contribution in [0.25, 0.3) is 21.3 Å².